The third-order valence-electron chi connectivity index (χ3n) is 3.41. The molecule has 1 atom stereocenters. The molecular weight excluding hydrogens is 144 g/mol. The predicted octanol–water partition coefficient (Wildman–Crippen LogP) is 3.70. The lowest BCUT2D eigenvalue weighted by Crippen LogP contribution is -2.27. The van der Waals surface area contributed by atoms with Crippen molar-refractivity contribution in [3.63, 3.8) is 0 Å². The van der Waals surface area contributed by atoms with Crippen LogP contribution in [0.2, 0.25) is 0 Å². The van der Waals surface area contributed by atoms with Crippen molar-refractivity contribution in [2.24, 2.45) is 11.3 Å². The molecule has 1 unspecified atom stereocenters. The van der Waals surface area contributed by atoms with Gasteiger partial charge in [-0.25, -0.2) is 0 Å². The molecule has 2 aliphatic carbocycles. The van der Waals surface area contributed by atoms with Crippen LogP contribution < -0.4 is 0 Å². The van der Waals surface area contributed by atoms with Crippen LogP contribution >= 0.6 is 0 Å². The molecule has 0 aromatic carbocycles. The van der Waals surface area contributed by atoms with E-state index in [1.54, 1.807) is 5.57 Å². The minimum absolute atomic E-state index is 0.480. The van der Waals surface area contributed by atoms with Crippen LogP contribution in [0.4, 0.5) is 0 Å². The molecule has 2 aliphatic rings. The Morgan fingerprint density at radius 2 is 2.25 bits per heavy atom. The summed E-state index contributed by atoms with van der Waals surface area (Å²) in [4.78, 5) is 0. The second kappa shape index (κ2) is 2.76. The van der Waals surface area contributed by atoms with Gasteiger partial charge in [-0.05, 0) is 30.6 Å². The zero-order chi connectivity index (χ0) is 8.60. The van der Waals surface area contributed by atoms with E-state index in [2.05, 4.69) is 32.1 Å². The van der Waals surface area contributed by atoms with Crippen molar-refractivity contribution in [2.75, 3.05) is 0 Å². The van der Waals surface area contributed by atoms with Gasteiger partial charge >= 0.3 is 0 Å². The molecule has 0 heterocycles. The molecule has 0 aromatic heterocycles. The molecule has 0 aromatic rings. The number of rotatable bonds is 0. The zero-order valence-electron chi connectivity index (χ0n) is 8.14. The summed E-state index contributed by atoms with van der Waals surface area (Å²) >= 11 is 0. The van der Waals surface area contributed by atoms with Gasteiger partial charge in [-0.15, -0.1) is 0 Å². The number of fused-ring (bicyclic) bond motifs is 1. The summed E-state index contributed by atoms with van der Waals surface area (Å²) in [6.07, 6.45) is 12.4. The molecule has 0 amide bonds. The molecule has 0 N–H and O–H groups in total. The van der Waals surface area contributed by atoms with Crippen molar-refractivity contribution in [2.45, 2.75) is 39.5 Å². The maximum Gasteiger partial charge on any atom is -0.0139 e. The van der Waals surface area contributed by atoms with Crippen LogP contribution in [-0.4, -0.2) is 0 Å². The van der Waals surface area contributed by atoms with Gasteiger partial charge in [0.15, 0.2) is 0 Å². The zero-order valence-corrected chi connectivity index (χ0v) is 8.14. The van der Waals surface area contributed by atoms with Crippen molar-refractivity contribution in [3.05, 3.63) is 23.8 Å². The second-order valence-electron chi connectivity index (χ2n) is 4.76. The first-order valence-corrected chi connectivity index (χ1v) is 5.07. The highest BCUT2D eigenvalue weighted by atomic mass is 14.4. The molecule has 0 heteroatoms. The van der Waals surface area contributed by atoms with E-state index in [9.17, 15) is 0 Å². The Kier molecular flexibility index (Phi) is 1.86. The summed E-state index contributed by atoms with van der Waals surface area (Å²) < 4.78 is 0. The lowest BCUT2D eigenvalue weighted by Gasteiger charge is -2.39. The van der Waals surface area contributed by atoms with Gasteiger partial charge < -0.3 is 0 Å². The van der Waals surface area contributed by atoms with Gasteiger partial charge in [0.2, 0.25) is 0 Å². The van der Waals surface area contributed by atoms with Crippen molar-refractivity contribution in [1.29, 1.82) is 0 Å². The SMILES string of the molecule is CC1(C)CCCC2CC=CC=C21. The maximum absolute atomic E-state index is 2.39. The van der Waals surface area contributed by atoms with Gasteiger partial charge in [0.25, 0.3) is 0 Å². The highest BCUT2D eigenvalue weighted by Gasteiger charge is 2.32. The first kappa shape index (κ1) is 8.10. The second-order valence-corrected chi connectivity index (χ2v) is 4.76. The minimum atomic E-state index is 0.480. The normalized spacial score (nSPS) is 32.5. The summed E-state index contributed by atoms with van der Waals surface area (Å²) in [5.74, 6) is 0.874. The number of allylic oxidation sites excluding steroid dienone is 4. The molecule has 0 spiro atoms. The van der Waals surface area contributed by atoms with E-state index in [1.165, 1.54) is 25.7 Å². The smallest absolute Gasteiger partial charge is 0.0139 e. The van der Waals surface area contributed by atoms with Crippen LogP contribution in [0.1, 0.15) is 39.5 Å². The Labute approximate surface area is 75.4 Å². The molecule has 0 bridgehead atoms. The molecule has 0 nitrogen and oxygen atoms in total. The minimum Gasteiger partial charge on any atom is -0.0839 e. The maximum atomic E-state index is 2.39. The Morgan fingerprint density at radius 1 is 1.42 bits per heavy atom. The van der Waals surface area contributed by atoms with Gasteiger partial charge in [0.05, 0.1) is 0 Å². The highest BCUT2D eigenvalue weighted by Crippen LogP contribution is 2.45. The first-order valence-electron chi connectivity index (χ1n) is 5.07. The van der Waals surface area contributed by atoms with Crippen LogP contribution in [0, 0.1) is 11.3 Å². The molecule has 66 valence electrons. The summed E-state index contributed by atoms with van der Waals surface area (Å²) in [5.41, 5.74) is 2.18. The Balaban J connectivity index is 2.29. The van der Waals surface area contributed by atoms with Crippen molar-refractivity contribution in [3.8, 4) is 0 Å². The third-order valence-corrected chi connectivity index (χ3v) is 3.41. The van der Waals surface area contributed by atoms with E-state index in [-0.39, 0.29) is 0 Å². The van der Waals surface area contributed by atoms with Crippen molar-refractivity contribution >= 4 is 0 Å². The summed E-state index contributed by atoms with van der Waals surface area (Å²) in [6.45, 7) is 4.79. The fraction of sp³-hybridized carbons (Fsp3) is 0.667. The van der Waals surface area contributed by atoms with E-state index < -0.39 is 0 Å². The van der Waals surface area contributed by atoms with Crippen molar-refractivity contribution < 1.29 is 0 Å². The van der Waals surface area contributed by atoms with Crippen molar-refractivity contribution in [1.82, 2.24) is 0 Å². The lowest BCUT2D eigenvalue weighted by molar-refractivity contribution is 0.278. The van der Waals surface area contributed by atoms with Crippen LogP contribution in [0.15, 0.2) is 23.8 Å². The monoisotopic (exact) mass is 162 g/mol. The molecule has 0 radical (unpaired) electrons. The Hall–Kier alpha value is -0.520. The molecular formula is C12H18. The first-order chi connectivity index (χ1) is 5.70. The molecule has 0 saturated heterocycles. The largest absolute Gasteiger partial charge is 0.0839 e. The number of hydrogen-bond donors (Lipinski definition) is 0. The number of hydrogen-bond acceptors (Lipinski definition) is 0. The topological polar surface area (TPSA) is 0 Å². The molecule has 1 saturated carbocycles. The van der Waals surface area contributed by atoms with Crippen LogP contribution in [0.25, 0.3) is 0 Å². The lowest BCUT2D eigenvalue weighted by atomic mass is 9.66. The van der Waals surface area contributed by atoms with Crippen LogP contribution in [-0.2, 0) is 0 Å². The van der Waals surface area contributed by atoms with Crippen LogP contribution in [0.3, 0.4) is 0 Å². The van der Waals surface area contributed by atoms with E-state index in [4.69, 9.17) is 0 Å². The fourth-order valence-corrected chi connectivity index (χ4v) is 2.66. The molecule has 12 heavy (non-hydrogen) atoms. The van der Waals surface area contributed by atoms with Gasteiger partial charge in [-0.2, -0.15) is 0 Å². The van der Waals surface area contributed by atoms with E-state index in [1.807, 2.05) is 0 Å². The average Bonchev–Trinajstić information content (AvgIpc) is 2.04. The van der Waals surface area contributed by atoms with E-state index >= 15 is 0 Å². The quantitative estimate of drug-likeness (QED) is 0.509. The highest BCUT2D eigenvalue weighted by molar-refractivity contribution is 5.27. The Bertz CT molecular complexity index is 230. The molecule has 0 aliphatic heterocycles. The van der Waals surface area contributed by atoms with Gasteiger partial charge in [-0.3, -0.25) is 0 Å². The van der Waals surface area contributed by atoms with E-state index in [0.29, 0.717) is 5.41 Å². The third kappa shape index (κ3) is 1.24. The summed E-state index contributed by atoms with van der Waals surface area (Å²) in [7, 11) is 0. The van der Waals surface area contributed by atoms with Gasteiger partial charge in [-0.1, -0.05) is 44.1 Å². The summed E-state index contributed by atoms with van der Waals surface area (Å²) in [5, 5.41) is 0. The molecule has 2 rings (SSSR count). The van der Waals surface area contributed by atoms with Gasteiger partial charge in [0.1, 0.15) is 0 Å². The molecule has 1 fully saturated rings. The van der Waals surface area contributed by atoms with E-state index in [0.717, 1.165) is 5.92 Å². The summed E-state index contributed by atoms with van der Waals surface area (Å²) in [6, 6.07) is 0. The van der Waals surface area contributed by atoms with Crippen LogP contribution in [0.5, 0.6) is 0 Å². The fourth-order valence-electron chi connectivity index (χ4n) is 2.66. The Morgan fingerprint density at radius 3 is 3.00 bits per heavy atom. The van der Waals surface area contributed by atoms with Gasteiger partial charge in [0, 0.05) is 0 Å². The standard InChI is InChI=1S/C12H18/c1-12(2)9-5-7-10-6-3-4-8-11(10)12/h3-4,8,10H,5-7,9H2,1-2H3. The predicted molar refractivity (Wildman–Crippen MR) is 53.0 cm³/mol. The average molecular weight is 162 g/mol.